The van der Waals surface area contributed by atoms with Crippen molar-refractivity contribution in [1.82, 2.24) is 15.1 Å². The molecule has 2 fully saturated rings. The van der Waals surface area contributed by atoms with Gasteiger partial charge in [-0.1, -0.05) is 49.6 Å². The normalized spacial score (nSPS) is 19.3. The standard InChI is InChI=1S/C21H31N3O2/c25-20(15-18-7-3-1-4-8-18)22-16-21(26)24-13-11-23(12-14-24)17-19-9-5-2-6-10-19/h2,5-6,9-10,18H,1,3-4,7-8,11-17H2,(H,22,25). The molecule has 1 aromatic carbocycles. The van der Waals surface area contributed by atoms with Crippen LogP contribution >= 0.6 is 0 Å². The summed E-state index contributed by atoms with van der Waals surface area (Å²) in [4.78, 5) is 28.7. The van der Waals surface area contributed by atoms with Gasteiger partial charge < -0.3 is 10.2 Å². The Morgan fingerprint density at radius 1 is 0.962 bits per heavy atom. The van der Waals surface area contributed by atoms with Crippen LogP contribution in [0.5, 0.6) is 0 Å². The van der Waals surface area contributed by atoms with E-state index < -0.39 is 0 Å². The molecule has 0 spiro atoms. The summed E-state index contributed by atoms with van der Waals surface area (Å²) in [5, 5.41) is 2.83. The van der Waals surface area contributed by atoms with Crippen molar-refractivity contribution in [2.45, 2.75) is 45.1 Å². The lowest BCUT2D eigenvalue weighted by Gasteiger charge is -2.34. The van der Waals surface area contributed by atoms with Crippen LogP contribution in [0.25, 0.3) is 0 Å². The highest BCUT2D eigenvalue weighted by Crippen LogP contribution is 2.26. The largest absolute Gasteiger partial charge is 0.347 e. The minimum absolute atomic E-state index is 0.0352. The molecule has 5 heteroatoms. The lowest BCUT2D eigenvalue weighted by atomic mass is 9.87. The Morgan fingerprint density at radius 2 is 1.65 bits per heavy atom. The summed E-state index contributed by atoms with van der Waals surface area (Å²) in [5.41, 5.74) is 1.31. The van der Waals surface area contributed by atoms with Crippen LogP contribution in [-0.4, -0.2) is 54.3 Å². The highest BCUT2D eigenvalue weighted by molar-refractivity contribution is 5.84. The van der Waals surface area contributed by atoms with Crippen molar-refractivity contribution >= 4 is 11.8 Å². The fourth-order valence-electron chi connectivity index (χ4n) is 4.01. The van der Waals surface area contributed by atoms with Crippen molar-refractivity contribution in [2.24, 2.45) is 5.92 Å². The Morgan fingerprint density at radius 3 is 2.35 bits per heavy atom. The SMILES string of the molecule is O=C(CC1CCCCC1)NCC(=O)N1CCN(Cc2ccccc2)CC1. The predicted octanol–water partition coefficient (Wildman–Crippen LogP) is 2.42. The molecule has 26 heavy (non-hydrogen) atoms. The highest BCUT2D eigenvalue weighted by Gasteiger charge is 2.22. The number of hydrogen-bond acceptors (Lipinski definition) is 3. The first-order chi connectivity index (χ1) is 12.7. The number of hydrogen-bond donors (Lipinski definition) is 1. The molecule has 1 N–H and O–H groups in total. The van der Waals surface area contributed by atoms with Gasteiger partial charge in [0.2, 0.25) is 11.8 Å². The molecule has 1 saturated carbocycles. The summed E-state index contributed by atoms with van der Waals surface area (Å²) in [7, 11) is 0. The minimum Gasteiger partial charge on any atom is -0.347 e. The molecule has 0 radical (unpaired) electrons. The van der Waals surface area contributed by atoms with Gasteiger partial charge in [0.25, 0.3) is 0 Å². The third-order valence-corrected chi connectivity index (χ3v) is 5.61. The van der Waals surface area contributed by atoms with Gasteiger partial charge in [0.05, 0.1) is 6.54 Å². The number of rotatable bonds is 6. The maximum absolute atomic E-state index is 12.4. The van der Waals surface area contributed by atoms with Crippen molar-refractivity contribution < 1.29 is 9.59 Å². The van der Waals surface area contributed by atoms with E-state index in [9.17, 15) is 9.59 Å². The van der Waals surface area contributed by atoms with Crippen LogP contribution < -0.4 is 5.32 Å². The summed E-state index contributed by atoms with van der Waals surface area (Å²) in [6.07, 6.45) is 6.68. The van der Waals surface area contributed by atoms with Crippen molar-refractivity contribution in [3.05, 3.63) is 35.9 Å². The average molecular weight is 357 g/mol. The molecular weight excluding hydrogens is 326 g/mol. The van der Waals surface area contributed by atoms with Crippen LogP contribution in [-0.2, 0) is 16.1 Å². The maximum Gasteiger partial charge on any atom is 0.242 e. The molecule has 1 aromatic rings. The number of piperazine rings is 1. The van der Waals surface area contributed by atoms with E-state index in [0.717, 1.165) is 45.6 Å². The highest BCUT2D eigenvalue weighted by atomic mass is 16.2. The minimum atomic E-state index is 0.0352. The molecule has 2 amide bonds. The van der Waals surface area contributed by atoms with Gasteiger partial charge in [0, 0.05) is 39.1 Å². The average Bonchev–Trinajstić information content (AvgIpc) is 2.68. The topological polar surface area (TPSA) is 52.7 Å². The molecule has 1 heterocycles. The summed E-state index contributed by atoms with van der Waals surface area (Å²) in [6.45, 7) is 4.33. The van der Waals surface area contributed by atoms with E-state index in [-0.39, 0.29) is 18.4 Å². The van der Waals surface area contributed by atoms with Crippen LogP contribution in [0.2, 0.25) is 0 Å². The molecule has 1 aliphatic carbocycles. The molecule has 3 rings (SSSR count). The monoisotopic (exact) mass is 357 g/mol. The van der Waals surface area contributed by atoms with Gasteiger partial charge in [-0.15, -0.1) is 0 Å². The third kappa shape index (κ3) is 5.84. The van der Waals surface area contributed by atoms with Crippen molar-refractivity contribution in [3.8, 4) is 0 Å². The van der Waals surface area contributed by atoms with E-state index >= 15 is 0 Å². The van der Waals surface area contributed by atoms with Crippen molar-refractivity contribution in [1.29, 1.82) is 0 Å². The van der Waals surface area contributed by atoms with Crippen LogP contribution in [0.3, 0.4) is 0 Å². The maximum atomic E-state index is 12.4. The number of carbonyl (C=O) groups is 2. The lowest BCUT2D eigenvalue weighted by molar-refractivity contribution is -0.134. The zero-order chi connectivity index (χ0) is 18.2. The summed E-state index contributed by atoms with van der Waals surface area (Å²) in [6, 6.07) is 10.4. The Labute approximate surface area is 156 Å². The molecule has 0 atom stereocenters. The van der Waals surface area contributed by atoms with E-state index in [1.807, 2.05) is 11.0 Å². The zero-order valence-electron chi connectivity index (χ0n) is 15.7. The molecule has 1 aliphatic heterocycles. The number of carbonyl (C=O) groups excluding carboxylic acids is 2. The molecular formula is C21H31N3O2. The second-order valence-corrected chi connectivity index (χ2v) is 7.63. The van der Waals surface area contributed by atoms with E-state index in [0.29, 0.717) is 12.3 Å². The quantitative estimate of drug-likeness (QED) is 0.851. The molecule has 142 valence electrons. The fourth-order valence-corrected chi connectivity index (χ4v) is 4.01. The summed E-state index contributed by atoms with van der Waals surface area (Å²) < 4.78 is 0. The number of amides is 2. The second kappa shape index (κ2) is 9.72. The van der Waals surface area contributed by atoms with Gasteiger partial charge in [-0.2, -0.15) is 0 Å². The van der Waals surface area contributed by atoms with Crippen molar-refractivity contribution in [3.63, 3.8) is 0 Å². The van der Waals surface area contributed by atoms with Gasteiger partial charge in [-0.3, -0.25) is 14.5 Å². The lowest BCUT2D eigenvalue weighted by Crippen LogP contribution is -2.50. The number of nitrogens with one attached hydrogen (secondary N) is 1. The zero-order valence-corrected chi connectivity index (χ0v) is 15.7. The van der Waals surface area contributed by atoms with E-state index in [2.05, 4.69) is 34.5 Å². The third-order valence-electron chi connectivity index (χ3n) is 5.61. The van der Waals surface area contributed by atoms with Gasteiger partial charge in [0.1, 0.15) is 0 Å². The van der Waals surface area contributed by atoms with E-state index in [1.165, 1.54) is 24.8 Å². The first-order valence-electron chi connectivity index (χ1n) is 10.0. The molecule has 2 aliphatic rings. The van der Waals surface area contributed by atoms with E-state index in [1.54, 1.807) is 0 Å². The number of nitrogens with zero attached hydrogens (tertiary/aromatic N) is 2. The Balaban J connectivity index is 1.33. The molecule has 0 aromatic heterocycles. The first kappa shape index (κ1) is 18.9. The van der Waals surface area contributed by atoms with E-state index in [4.69, 9.17) is 0 Å². The Bertz CT molecular complexity index is 576. The van der Waals surface area contributed by atoms with Gasteiger partial charge >= 0.3 is 0 Å². The van der Waals surface area contributed by atoms with Gasteiger partial charge in [-0.25, -0.2) is 0 Å². The summed E-state index contributed by atoms with van der Waals surface area (Å²) >= 11 is 0. The summed E-state index contributed by atoms with van der Waals surface area (Å²) in [5.74, 6) is 0.592. The predicted molar refractivity (Wildman–Crippen MR) is 103 cm³/mol. The first-order valence-corrected chi connectivity index (χ1v) is 10.0. The fraction of sp³-hybridized carbons (Fsp3) is 0.619. The second-order valence-electron chi connectivity index (χ2n) is 7.63. The molecule has 5 nitrogen and oxygen atoms in total. The molecule has 1 saturated heterocycles. The smallest absolute Gasteiger partial charge is 0.242 e. The molecule has 0 unspecified atom stereocenters. The van der Waals surface area contributed by atoms with Crippen molar-refractivity contribution in [2.75, 3.05) is 32.7 Å². The molecule has 0 bridgehead atoms. The van der Waals surface area contributed by atoms with Crippen LogP contribution in [0, 0.1) is 5.92 Å². The van der Waals surface area contributed by atoms with Crippen LogP contribution in [0.1, 0.15) is 44.1 Å². The van der Waals surface area contributed by atoms with Crippen LogP contribution in [0.4, 0.5) is 0 Å². The van der Waals surface area contributed by atoms with Gasteiger partial charge in [0.15, 0.2) is 0 Å². The van der Waals surface area contributed by atoms with Crippen LogP contribution in [0.15, 0.2) is 30.3 Å². The Hall–Kier alpha value is -1.88. The Kier molecular flexibility index (Phi) is 7.06. The van der Waals surface area contributed by atoms with Gasteiger partial charge in [-0.05, 0) is 24.3 Å². The number of benzene rings is 1.